The molecule has 2 rings (SSSR count). The molecule has 2 aliphatic heterocycles. The van der Waals surface area contributed by atoms with Crippen molar-refractivity contribution in [2.24, 2.45) is 0 Å². The molecule has 1 nitrogen and oxygen atoms in total. The Morgan fingerprint density at radius 1 is 1.42 bits per heavy atom. The molecule has 1 saturated heterocycles. The van der Waals surface area contributed by atoms with Gasteiger partial charge in [-0.05, 0) is 31.1 Å². The Morgan fingerprint density at radius 2 is 2.33 bits per heavy atom. The van der Waals surface area contributed by atoms with E-state index in [1.54, 1.807) is 0 Å². The Kier molecular flexibility index (Phi) is 2.47. The molecular formula is C10H14NP. The Morgan fingerprint density at radius 3 is 3.17 bits per heavy atom. The monoisotopic (exact) mass is 179 g/mol. The number of hydrogen-bond donors (Lipinski definition) is 0. The molecule has 64 valence electrons. The highest BCUT2D eigenvalue weighted by Crippen LogP contribution is 2.55. The average molecular weight is 179 g/mol. The first-order chi connectivity index (χ1) is 5.92. The van der Waals surface area contributed by atoms with Crippen molar-refractivity contribution in [3.63, 3.8) is 0 Å². The van der Waals surface area contributed by atoms with Gasteiger partial charge >= 0.3 is 0 Å². The van der Waals surface area contributed by atoms with E-state index < -0.39 is 0 Å². The number of hydrogen-bond acceptors (Lipinski definition) is 1. The van der Waals surface area contributed by atoms with E-state index in [-0.39, 0.29) is 7.92 Å². The number of nitrogens with zero attached hydrogens (tertiary/aromatic N) is 1. The maximum Gasteiger partial charge on any atom is 0.0706 e. The summed E-state index contributed by atoms with van der Waals surface area (Å²) in [5, 5.41) is 8.96. The van der Waals surface area contributed by atoms with Gasteiger partial charge in [0.25, 0.3) is 0 Å². The van der Waals surface area contributed by atoms with Crippen LogP contribution in [0.3, 0.4) is 0 Å². The molecule has 0 N–H and O–H groups in total. The second-order valence-electron chi connectivity index (χ2n) is 3.61. The third-order valence-corrected chi connectivity index (χ3v) is 6.10. The van der Waals surface area contributed by atoms with Crippen LogP contribution in [0.15, 0.2) is 12.2 Å². The van der Waals surface area contributed by atoms with Crippen LogP contribution in [0.2, 0.25) is 0 Å². The van der Waals surface area contributed by atoms with Gasteiger partial charge in [-0.2, -0.15) is 5.26 Å². The fraction of sp³-hybridized carbons (Fsp3) is 0.700. The van der Waals surface area contributed by atoms with Gasteiger partial charge in [-0.3, -0.25) is 0 Å². The van der Waals surface area contributed by atoms with Crippen molar-refractivity contribution >= 4 is 7.92 Å². The highest BCUT2D eigenvalue weighted by atomic mass is 31.1. The normalized spacial score (nSPS) is 40.1. The molecule has 2 heterocycles. The summed E-state index contributed by atoms with van der Waals surface area (Å²) >= 11 is 0. The molecule has 0 aromatic heterocycles. The minimum atomic E-state index is 0.0423. The zero-order valence-corrected chi connectivity index (χ0v) is 8.13. The smallest absolute Gasteiger partial charge is 0.0706 e. The van der Waals surface area contributed by atoms with Gasteiger partial charge in [0.1, 0.15) is 0 Å². The fourth-order valence-electron chi connectivity index (χ4n) is 2.20. The standard InChI is InChI=1S/C10H14NP/c11-8-10-6-3-5-9-4-1-2-7-12(9)10/h3,5,9-10H,1-2,4,6-7H2. The predicted octanol–water partition coefficient (Wildman–Crippen LogP) is 2.87. The molecule has 0 saturated carbocycles. The maximum atomic E-state index is 8.96. The van der Waals surface area contributed by atoms with Crippen molar-refractivity contribution in [3.8, 4) is 6.07 Å². The van der Waals surface area contributed by atoms with Gasteiger partial charge in [0, 0.05) is 0 Å². The summed E-state index contributed by atoms with van der Waals surface area (Å²) in [6.07, 6.45) is 11.1. The molecule has 0 aromatic carbocycles. The number of fused-ring (bicyclic) bond motifs is 1. The van der Waals surface area contributed by atoms with Crippen LogP contribution in [0.1, 0.15) is 25.7 Å². The van der Waals surface area contributed by atoms with E-state index in [9.17, 15) is 0 Å². The van der Waals surface area contributed by atoms with Gasteiger partial charge in [0.15, 0.2) is 0 Å². The second-order valence-corrected chi connectivity index (χ2v) is 6.37. The van der Waals surface area contributed by atoms with Gasteiger partial charge in [-0.15, -0.1) is 0 Å². The van der Waals surface area contributed by atoms with Gasteiger partial charge in [-0.1, -0.05) is 26.5 Å². The molecule has 3 unspecified atom stereocenters. The summed E-state index contributed by atoms with van der Waals surface area (Å²) in [4.78, 5) is 0. The van der Waals surface area contributed by atoms with Crippen molar-refractivity contribution in [3.05, 3.63) is 12.2 Å². The highest BCUT2D eigenvalue weighted by Gasteiger charge is 2.31. The summed E-state index contributed by atoms with van der Waals surface area (Å²) in [6, 6.07) is 2.48. The number of allylic oxidation sites excluding steroid dienone is 2. The molecule has 2 heteroatoms. The molecule has 0 amide bonds. The minimum Gasteiger partial charge on any atom is -0.198 e. The van der Waals surface area contributed by atoms with Gasteiger partial charge in [0.05, 0.1) is 11.7 Å². The number of nitriles is 1. The first-order valence-electron chi connectivity index (χ1n) is 4.74. The van der Waals surface area contributed by atoms with E-state index in [1.165, 1.54) is 25.4 Å². The van der Waals surface area contributed by atoms with E-state index in [0.717, 1.165) is 12.1 Å². The summed E-state index contributed by atoms with van der Waals surface area (Å²) < 4.78 is 0. The zero-order chi connectivity index (χ0) is 8.39. The van der Waals surface area contributed by atoms with Crippen LogP contribution >= 0.6 is 7.92 Å². The molecular weight excluding hydrogens is 165 g/mol. The Balaban J connectivity index is 2.13. The van der Waals surface area contributed by atoms with Crippen molar-refractivity contribution in [1.82, 2.24) is 0 Å². The van der Waals surface area contributed by atoms with Crippen LogP contribution in [-0.4, -0.2) is 17.5 Å². The fourth-order valence-corrected chi connectivity index (χ4v) is 5.29. The highest BCUT2D eigenvalue weighted by molar-refractivity contribution is 7.59. The lowest BCUT2D eigenvalue weighted by Gasteiger charge is -2.35. The quantitative estimate of drug-likeness (QED) is 0.414. The van der Waals surface area contributed by atoms with Gasteiger partial charge in [0.2, 0.25) is 0 Å². The van der Waals surface area contributed by atoms with Crippen molar-refractivity contribution < 1.29 is 0 Å². The summed E-state index contributed by atoms with van der Waals surface area (Å²) in [5.74, 6) is 0. The van der Waals surface area contributed by atoms with Crippen molar-refractivity contribution in [2.45, 2.75) is 37.0 Å². The van der Waals surface area contributed by atoms with Crippen LogP contribution in [0.25, 0.3) is 0 Å². The summed E-state index contributed by atoms with van der Waals surface area (Å²) in [5.41, 5.74) is 1.18. The molecule has 0 radical (unpaired) electrons. The van der Waals surface area contributed by atoms with E-state index in [4.69, 9.17) is 5.26 Å². The topological polar surface area (TPSA) is 23.8 Å². The molecule has 0 aromatic rings. The second kappa shape index (κ2) is 3.58. The maximum absolute atomic E-state index is 8.96. The zero-order valence-electron chi connectivity index (χ0n) is 7.24. The molecule has 3 atom stereocenters. The van der Waals surface area contributed by atoms with Gasteiger partial charge in [-0.25, -0.2) is 0 Å². The lowest BCUT2D eigenvalue weighted by atomic mass is 10.1. The van der Waals surface area contributed by atoms with Crippen LogP contribution in [0.5, 0.6) is 0 Å². The first-order valence-corrected chi connectivity index (χ1v) is 6.40. The van der Waals surface area contributed by atoms with Crippen LogP contribution < -0.4 is 0 Å². The average Bonchev–Trinajstić information content (AvgIpc) is 2.17. The van der Waals surface area contributed by atoms with Crippen LogP contribution in [-0.2, 0) is 0 Å². The van der Waals surface area contributed by atoms with Crippen LogP contribution in [0, 0.1) is 11.3 Å². The molecule has 12 heavy (non-hydrogen) atoms. The van der Waals surface area contributed by atoms with E-state index in [1.807, 2.05) is 0 Å². The van der Waals surface area contributed by atoms with Crippen molar-refractivity contribution in [2.75, 3.05) is 6.16 Å². The third-order valence-electron chi connectivity index (χ3n) is 2.86. The minimum absolute atomic E-state index is 0.0423. The Bertz CT molecular complexity index is 228. The van der Waals surface area contributed by atoms with E-state index in [0.29, 0.717) is 5.66 Å². The molecule has 2 aliphatic rings. The summed E-state index contributed by atoms with van der Waals surface area (Å²) in [7, 11) is 0.0423. The first kappa shape index (κ1) is 8.27. The summed E-state index contributed by atoms with van der Waals surface area (Å²) in [6.45, 7) is 0. The molecule has 0 aliphatic carbocycles. The lowest BCUT2D eigenvalue weighted by Crippen LogP contribution is -2.21. The molecule has 1 fully saturated rings. The van der Waals surface area contributed by atoms with E-state index >= 15 is 0 Å². The lowest BCUT2D eigenvalue weighted by molar-refractivity contribution is 0.692. The van der Waals surface area contributed by atoms with Gasteiger partial charge < -0.3 is 0 Å². The Hall–Kier alpha value is -0.340. The third kappa shape index (κ3) is 1.41. The predicted molar refractivity (Wildman–Crippen MR) is 52.6 cm³/mol. The van der Waals surface area contributed by atoms with Crippen molar-refractivity contribution in [1.29, 1.82) is 5.26 Å². The molecule has 0 spiro atoms. The van der Waals surface area contributed by atoms with E-state index in [2.05, 4.69) is 18.2 Å². The molecule has 0 bridgehead atoms. The van der Waals surface area contributed by atoms with Crippen LogP contribution in [0.4, 0.5) is 0 Å². The Labute approximate surface area is 75.2 Å². The number of rotatable bonds is 0. The largest absolute Gasteiger partial charge is 0.198 e. The SMILES string of the molecule is N#CC1CC=CC2CCCCP12.